The van der Waals surface area contributed by atoms with Gasteiger partial charge in [0.15, 0.2) is 5.65 Å². The largest absolute Gasteiger partial charge is 0.341 e. The van der Waals surface area contributed by atoms with Gasteiger partial charge in [-0.15, -0.1) is 0 Å². The number of carbonyl (C=O) groups is 2. The molecule has 0 N–H and O–H groups in total. The molecule has 2 atom stereocenters. The number of hydrogen-bond acceptors (Lipinski definition) is 5. The van der Waals surface area contributed by atoms with Gasteiger partial charge >= 0.3 is 0 Å². The normalized spacial score (nSPS) is 23.2. The van der Waals surface area contributed by atoms with Gasteiger partial charge < -0.3 is 9.80 Å². The minimum absolute atomic E-state index is 0.0350. The number of nitrogens with zero attached hydrogens (tertiary/aromatic N) is 6. The van der Waals surface area contributed by atoms with Crippen molar-refractivity contribution in [2.75, 3.05) is 45.8 Å². The molecule has 4 heterocycles. The van der Waals surface area contributed by atoms with Crippen LogP contribution in [0, 0.1) is 25.7 Å². The molecule has 8 nitrogen and oxygen atoms in total. The quantitative estimate of drug-likeness (QED) is 0.766. The molecule has 4 rings (SSSR count). The summed E-state index contributed by atoms with van der Waals surface area (Å²) in [4.78, 5) is 36.4. The van der Waals surface area contributed by atoms with Crippen molar-refractivity contribution in [3.8, 4) is 0 Å². The van der Waals surface area contributed by atoms with Crippen molar-refractivity contribution in [2.24, 2.45) is 11.8 Å². The van der Waals surface area contributed by atoms with Crippen LogP contribution in [0.15, 0.2) is 12.3 Å². The molecule has 2 aliphatic heterocycles. The molecule has 30 heavy (non-hydrogen) atoms. The number of piperidine rings is 1. The molecule has 0 aliphatic carbocycles. The zero-order valence-corrected chi connectivity index (χ0v) is 18.5. The minimum Gasteiger partial charge on any atom is -0.341 e. The fourth-order valence-electron chi connectivity index (χ4n) is 4.86. The van der Waals surface area contributed by atoms with Crippen LogP contribution in [0.5, 0.6) is 0 Å². The molecule has 0 unspecified atom stereocenters. The maximum absolute atomic E-state index is 13.1. The molecule has 0 radical (unpaired) electrons. The van der Waals surface area contributed by atoms with Gasteiger partial charge in [-0.25, -0.2) is 9.50 Å². The average Bonchev–Trinajstić information content (AvgIpc) is 3.11. The summed E-state index contributed by atoms with van der Waals surface area (Å²) >= 11 is 0. The second-order valence-corrected chi connectivity index (χ2v) is 9.15. The molecule has 8 heteroatoms. The summed E-state index contributed by atoms with van der Waals surface area (Å²) in [5.41, 5.74) is 2.99. The standard InChI is InChI=1S/C22H32N6O2/c1-15-9-16(2)13-27(12-15)20(29)14-25-5-7-26(8-6-25)22(30)19-11-23-28-18(4)10-17(3)24-21(19)28/h10-11,15-16H,5-9,12-14H2,1-4H3/t15-,16-/m1/s1. The lowest BCUT2D eigenvalue weighted by Crippen LogP contribution is -2.53. The summed E-state index contributed by atoms with van der Waals surface area (Å²) in [5, 5.41) is 4.34. The summed E-state index contributed by atoms with van der Waals surface area (Å²) in [6, 6.07) is 1.95. The zero-order chi connectivity index (χ0) is 21.4. The molecule has 0 aromatic carbocycles. The van der Waals surface area contributed by atoms with Gasteiger partial charge in [0, 0.05) is 50.7 Å². The predicted molar refractivity (Wildman–Crippen MR) is 114 cm³/mol. The second-order valence-electron chi connectivity index (χ2n) is 9.15. The Balaban J connectivity index is 1.36. The molecule has 2 aromatic heterocycles. The van der Waals surface area contributed by atoms with Gasteiger partial charge in [0.05, 0.1) is 12.7 Å². The maximum Gasteiger partial charge on any atom is 0.259 e. The SMILES string of the molecule is Cc1cc(C)n2ncc(C(=O)N3CCN(CC(=O)N4C[C@H](C)C[C@@H](C)C4)CC3)c2n1. The van der Waals surface area contributed by atoms with Crippen LogP contribution < -0.4 is 0 Å². The van der Waals surface area contributed by atoms with Gasteiger partial charge in [-0.2, -0.15) is 5.10 Å². The van der Waals surface area contributed by atoms with Crippen LogP contribution in [0.2, 0.25) is 0 Å². The van der Waals surface area contributed by atoms with E-state index in [1.54, 1.807) is 10.7 Å². The number of likely N-dealkylation sites (tertiary alicyclic amines) is 1. The highest BCUT2D eigenvalue weighted by Crippen LogP contribution is 2.21. The summed E-state index contributed by atoms with van der Waals surface area (Å²) in [5.74, 6) is 1.32. The number of aromatic nitrogens is 3. The van der Waals surface area contributed by atoms with Crippen LogP contribution in [-0.2, 0) is 4.79 Å². The van der Waals surface area contributed by atoms with Gasteiger partial charge in [0.25, 0.3) is 5.91 Å². The Morgan fingerprint density at radius 2 is 1.70 bits per heavy atom. The van der Waals surface area contributed by atoms with E-state index in [0.29, 0.717) is 55.8 Å². The molecule has 2 fully saturated rings. The first-order chi connectivity index (χ1) is 14.3. The predicted octanol–water partition coefficient (Wildman–Crippen LogP) is 1.61. The number of aryl methyl sites for hydroxylation is 2. The number of piperazine rings is 1. The smallest absolute Gasteiger partial charge is 0.259 e. The highest BCUT2D eigenvalue weighted by Gasteiger charge is 2.29. The van der Waals surface area contributed by atoms with Gasteiger partial charge in [-0.3, -0.25) is 14.5 Å². The zero-order valence-electron chi connectivity index (χ0n) is 18.5. The van der Waals surface area contributed by atoms with Crippen LogP contribution in [0.3, 0.4) is 0 Å². The highest BCUT2D eigenvalue weighted by molar-refractivity contribution is 5.99. The Labute approximate surface area is 177 Å². The fraction of sp³-hybridized carbons (Fsp3) is 0.636. The monoisotopic (exact) mass is 412 g/mol. The summed E-state index contributed by atoms with van der Waals surface area (Å²) in [6.07, 6.45) is 2.81. The number of carbonyl (C=O) groups excluding carboxylic acids is 2. The Hall–Kier alpha value is -2.48. The first-order valence-electron chi connectivity index (χ1n) is 10.9. The number of rotatable bonds is 3. The van der Waals surface area contributed by atoms with Crippen LogP contribution in [-0.4, -0.2) is 86.9 Å². The molecule has 2 amide bonds. The molecule has 2 aromatic rings. The van der Waals surface area contributed by atoms with Crippen LogP contribution >= 0.6 is 0 Å². The topological polar surface area (TPSA) is 74.1 Å². The minimum atomic E-state index is -0.0350. The average molecular weight is 413 g/mol. The number of hydrogen-bond donors (Lipinski definition) is 0. The van der Waals surface area contributed by atoms with E-state index in [1.165, 1.54) is 6.42 Å². The number of amides is 2. The van der Waals surface area contributed by atoms with E-state index in [2.05, 4.69) is 28.8 Å². The molecule has 0 spiro atoms. The van der Waals surface area contributed by atoms with E-state index in [0.717, 1.165) is 24.5 Å². The van der Waals surface area contributed by atoms with E-state index < -0.39 is 0 Å². The van der Waals surface area contributed by atoms with Crippen LogP contribution in [0.1, 0.15) is 42.0 Å². The third-order valence-corrected chi connectivity index (χ3v) is 6.25. The van der Waals surface area contributed by atoms with E-state index in [4.69, 9.17) is 0 Å². The summed E-state index contributed by atoms with van der Waals surface area (Å²) in [7, 11) is 0. The molecule has 0 bridgehead atoms. The Kier molecular flexibility index (Phi) is 5.77. The fourth-order valence-corrected chi connectivity index (χ4v) is 4.86. The summed E-state index contributed by atoms with van der Waals surface area (Å²) in [6.45, 7) is 13.1. The van der Waals surface area contributed by atoms with Crippen molar-refractivity contribution < 1.29 is 9.59 Å². The van der Waals surface area contributed by atoms with Crippen molar-refractivity contribution in [3.63, 3.8) is 0 Å². The van der Waals surface area contributed by atoms with Crippen molar-refractivity contribution in [3.05, 3.63) is 29.2 Å². The third-order valence-electron chi connectivity index (χ3n) is 6.25. The van der Waals surface area contributed by atoms with Crippen LogP contribution in [0.25, 0.3) is 5.65 Å². The first-order valence-corrected chi connectivity index (χ1v) is 10.9. The molecule has 162 valence electrons. The lowest BCUT2D eigenvalue weighted by Gasteiger charge is -2.38. The third kappa shape index (κ3) is 4.19. The second kappa shape index (κ2) is 8.34. The Morgan fingerprint density at radius 3 is 2.37 bits per heavy atom. The lowest BCUT2D eigenvalue weighted by molar-refractivity contribution is -0.135. The van der Waals surface area contributed by atoms with Crippen molar-refractivity contribution in [2.45, 2.75) is 34.1 Å². The van der Waals surface area contributed by atoms with E-state index in [1.807, 2.05) is 29.7 Å². The van der Waals surface area contributed by atoms with Crippen molar-refractivity contribution >= 4 is 17.5 Å². The van der Waals surface area contributed by atoms with Crippen molar-refractivity contribution in [1.29, 1.82) is 0 Å². The lowest BCUT2D eigenvalue weighted by atomic mass is 9.92. The summed E-state index contributed by atoms with van der Waals surface area (Å²) < 4.78 is 1.72. The van der Waals surface area contributed by atoms with E-state index >= 15 is 0 Å². The van der Waals surface area contributed by atoms with Gasteiger partial charge in [0.2, 0.25) is 5.91 Å². The van der Waals surface area contributed by atoms with Crippen LogP contribution in [0.4, 0.5) is 0 Å². The Bertz CT molecular complexity index is 936. The molecule has 0 saturated carbocycles. The van der Waals surface area contributed by atoms with Gasteiger partial charge in [-0.05, 0) is 38.2 Å². The Morgan fingerprint density at radius 1 is 1.03 bits per heavy atom. The molecule has 2 saturated heterocycles. The number of fused-ring (bicyclic) bond motifs is 1. The van der Waals surface area contributed by atoms with E-state index in [-0.39, 0.29) is 11.8 Å². The van der Waals surface area contributed by atoms with Gasteiger partial charge in [-0.1, -0.05) is 13.8 Å². The van der Waals surface area contributed by atoms with Gasteiger partial charge in [0.1, 0.15) is 5.56 Å². The van der Waals surface area contributed by atoms with E-state index in [9.17, 15) is 9.59 Å². The first kappa shape index (κ1) is 20.8. The maximum atomic E-state index is 13.1. The molecular formula is C22H32N6O2. The molecule has 2 aliphatic rings. The van der Waals surface area contributed by atoms with Crippen molar-refractivity contribution in [1.82, 2.24) is 29.3 Å². The molecular weight excluding hydrogens is 380 g/mol. The highest BCUT2D eigenvalue weighted by atomic mass is 16.2.